The van der Waals surface area contributed by atoms with Crippen molar-refractivity contribution in [2.45, 2.75) is 23.6 Å². The summed E-state index contributed by atoms with van der Waals surface area (Å²) in [6, 6.07) is 35.0. The molecule has 1 amide bonds. The Labute approximate surface area is 236 Å². The summed E-state index contributed by atoms with van der Waals surface area (Å²) in [5.74, 6) is -0.388. The Hall–Kier alpha value is -3.82. The lowest BCUT2D eigenvalue weighted by atomic mass is 10.0. The van der Waals surface area contributed by atoms with Crippen LogP contribution in [0.5, 0.6) is 0 Å². The van der Waals surface area contributed by atoms with E-state index in [4.69, 9.17) is 4.74 Å². The van der Waals surface area contributed by atoms with Gasteiger partial charge in [0, 0.05) is 32.7 Å². The fourth-order valence-electron chi connectivity index (χ4n) is 4.36. The SMILES string of the molecule is CN(C)S(=O)(=O)c1cccc(C(=O)N(Cc2ccccc2)C[C@H](O)COC(c2ccccc2)c2ccccc2)c1. The zero-order valence-corrected chi connectivity index (χ0v) is 23.4. The largest absolute Gasteiger partial charge is 0.389 e. The van der Waals surface area contributed by atoms with E-state index in [-0.39, 0.29) is 42.2 Å². The van der Waals surface area contributed by atoms with E-state index >= 15 is 0 Å². The number of amides is 1. The Balaban J connectivity index is 1.55. The van der Waals surface area contributed by atoms with Crippen molar-refractivity contribution in [2.24, 2.45) is 0 Å². The van der Waals surface area contributed by atoms with Crippen LogP contribution < -0.4 is 0 Å². The average Bonchev–Trinajstić information content (AvgIpc) is 2.98. The van der Waals surface area contributed by atoms with Crippen molar-refractivity contribution in [3.8, 4) is 0 Å². The van der Waals surface area contributed by atoms with E-state index in [0.29, 0.717) is 0 Å². The van der Waals surface area contributed by atoms with Gasteiger partial charge in [-0.2, -0.15) is 0 Å². The molecule has 0 aliphatic rings. The molecular weight excluding hydrogens is 524 g/mol. The maximum absolute atomic E-state index is 13.7. The summed E-state index contributed by atoms with van der Waals surface area (Å²) >= 11 is 0. The molecule has 0 aliphatic heterocycles. The molecule has 1 atom stereocenters. The van der Waals surface area contributed by atoms with Crippen molar-refractivity contribution < 1.29 is 23.1 Å². The van der Waals surface area contributed by atoms with Crippen molar-refractivity contribution >= 4 is 15.9 Å². The van der Waals surface area contributed by atoms with Crippen LogP contribution in [0.4, 0.5) is 0 Å². The minimum atomic E-state index is -3.72. The van der Waals surface area contributed by atoms with Crippen LogP contribution >= 0.6 is 0 Å². The van der Waals surface area contributed by atoms with Crippen LogP contribution in [0.25, 0.3) is 0 Å². The van der Waals surface area contributed by atoms with E-state index in [1.54, 1.807) is 12.1 Å². The first-order valence-corrected chi connectivity index (χ1v) is 14.4. The summed E-state index contributed by atoms with van der Waals surface area (Å²) in [7, 11) is -0.829. The Morgan fingerprint density at radius 2 is 1.35 bits per heavy atom. The van der Waals surface area contributed by atoms with Gasteiger partial charge in [0.2, 0.25) is 10.0 Å². The molecule has 4 aromatic carbocycles. The van der Waals surface area contributed by atoms with E-state index < -0.39 is 16.1 Å². The fourth-order valence-corrected chi connectivity index (χ4v) is 5.31. The van der Waals surface area contributed by atoms with E-state index in [0.717, 1.165) is 21.0 Å². The molecule has 4 rings (SSSR count). The van der Waals surface area contributed by atoms with Gasteiger partial charge in [-0.05, 0) is 34.9 Å². The Morgan fingerprint density at radius 3 is 1.90 bits per heavy atom. The number of carbonyl (C=O) groups excluding carboxylic acids is 1. The number of sulfonamides is 1. The van der Waals surface area contributed by atoms with Gasteiger partial charge in [0.25, 0.3) is 5.91 Å². The Kier molecular flexibility index (Phi) is 9.84. The first-order chi connectivity index (χ1) is 19.3. The predicted molar refractivity (Wildman–Crippen MR) is 155 cm³/mol. The molecule has 0 bridgehead atoms. The van der Waals surface area contributed by atoms with Crippen LogP contribution in [0.15, 0.2) is 120 Å². The van der Waals surface area contributed by atoms with Gasteiger partial charge in [-0.1, -0.05) is 97.1 Å². The first-order valence-electron chi connectivity index (χ1n) is 13.0. The molecular formula is C32H34N2O5S. The highest BCUT2D eigenvalue weighted by Crippen LogP contribution is 2.26. The Bertz CT molecular complexity index is 1440. The normalized spacial score (nSPS) is 12.4. The average molecular weight is 559 g/mol. The highest BCUT2D eigenvalue weighted by Gasteiger charge is 2.24. The summed E-state index contributed by atoms with van der Waals surface area (Å²) < 4.78 is 32.7. The second kappa shape index (κ2) is 13.5. The molecule has 208 valence electrons. The van der Waals surface area contributed by atoms with Gasteiger partial charge in [-0.15, -0.1) is 0 Å². The Morgan fingerprint density at radius 1 is 0.800 bits per heavy atom. The van der Waals surface area contributed by atoms with Crippen LogP contribution in [-0.2, 0) is 21.3 Å². The van der Waals surface area contributed by atoms with Gasteiger partial charge in [-0.25, -0.2) is 12.7 Å². The lowest BCUT2D eigenvalue weighted by molar-refractivity contribution is -0.00774. The minimum absolute atomic E-state index is 0.00527. The second-order valence-corrected chi connectivity index (χ2v) is 11.8. The highest BCUT2D eigenvalue weighted by atomic mass is 32.2. The molecule has 40 heavy (non-hydrogen) atoms. The van der Waals surface area contributed by atoms with E-state index in [1.807, 2.05) is 91.0 Å². The van der Waals surface area contributed by atoms with Crippen LogP contribution in [0.3, 0.4) is 0 Å². The quantitative estimate of drug-likeness (QED) is 0.271. The molecule has 0 aliphatic carbocycles. The van der Waals surface area contributed by atoms with E-state index in [9.17, 15) is 18.3 Å². The standard InChI is InChI=1S/C32H34N2O5S/c1-33(2)40(37,38)30-20-12-19-28(21-30)32(36)34(22-25-13-6-3-7-14-25)23-29(35)24-39-31(26-15-8-4-9-16-26)27-17-10-5-11-18-27/h3-21,29,31,35H,22-24H2,1-2H3/t29-/m0/s1. The smallest absolute Gasteiger partial charge is 0.254 e. The minimum Gasteiger partial charge on any atom is -0.389 e. The van der Waals surface area contributed by atoms with Crippen LogP contribution in [0.2, 0.25) is 0 Å². The van der Waals surface area contributed by atoms with Crippen LogP contribution in [0.1, 0.15) is 33.2 Å². The van der Waals surface area contributed by atoms with Crippen LogP contribution in [0, 0.1) is 0 Å². The van der Waals surface area contributed by atoms with E-state index in [2.05, 4.69) is 0 Å². The third kappa shape index (κ3) is 7.43. The lowest BCUT2D eigenvalue weighted by Gasteiger charge is -2.27. The number of aliphatic hydroxyl groups is 1. The van der Waals surface area contributed by atoms with Gasteiger partial charge >= 0.3 is 0 Å². The third-order valence-corrected chi connectivity index (χ3v) is 8.27. The maximum atomic E-state index is 13.7. The molecule has 0 aromatic heterocycles. The fraction of sp³-hybridized carbons (Fsp3) is 0.219. The molecule has 8 heteroatoms. The molecule has 4 aromatic rings. The number of ether oxygens (including phenoxy) is 1. The zero-order valence-electron chi connectivity index (χ0n) is 22.6. The number of rotatable bonds is 12. The van der Waals surface area contributed by atoms with Crippen molar-refractivity contribution in [1.29, 1.82) is 0 Å². The maximum Gasteiger partial charge on any atom is 0.254 e. The second-order valence-electron chi connectivity index (χ2n) is 9.68. The zero-order chi connectivity index (χ0) is 28.5. The monoisotopic (exact) mass is 558 g/mol. The molecule has 1 N–H and O–H groups in total. The third-order valence-electron chi connectivity index (χ3n) is 6.45. The number of aliphatic hydroxyl groups excluding tert-OH is 1. The predicted octanol–water partition coefficient (Wildman–Crippen LogP) is 4.75. The topological polar surface area (TPSA) is 87.2 Å². The van der Waals surface area contributed by atoms with Gasteiger partial charge in [0.15, 0.2) is 0 Å². The van der Waals surface area contributed by atoms with Gasteiger partial charge < -0.3 is 14.7 Å². The number of nitrogens with zero attached hydrogens (tertiary/aromatic N) is 2. The first kappa shape index (κ1) is 29.2. The van der Waals surface area contributed by atoms with Crippen LogP contribution in [-0.4, -0.2) is 62.0 Å². The van der Waals surface area contributed by atoms with Crippen molar-refractivity contribution in [2.75, 3.05) is 27.2 Å². The molecule has 0 unspecified atom stereocenters. The van der Waals surface area contributed by atoms with Crippen molar-refractivity contribution in [3.05, 3.63) is 138 Å². The summed E-state index contributed by atoms with van der Waals surface area (Å²) in [4.78, 5) is 15.2. The molecule has 0 saturated heterocycles. The lowest BCUT2D eigenvalue weighted by Crippen LogP contribution is -2.39. The molecule has 0 fully saturated rings. The molecule has 0 heterocycles. The molecule has 0 radical (unpaired) electrons. The number of carbonyl (C=O) groups is 1. The highest BCUT2D eigenvalue weighted by molar-refractivity contribution is 7.89. The van der Waals surface area contributed by atoms with Gasteiger partial charge in [0.05, 0.1) is 17.6 Å². The number of hydrogen-bond donors (Lipinski definition) is 1. The summed E-state index contributed by atoms with van der Waals surface area (Å²) in [6.45, 7) is 0.221. The summed E-state index contributed by atoms with van der Waals surface area (Å²) in [5.41, 5.74) is 3.01. The molecule has 7 nitrogen and oxygen atoms in total. The van der Waals surface area contributed by atoms with Gasteiger partial charge in [-0.3, -0.25) is 4.79 Å². The number of benzene rings is 4. The van der Waals surface area contributed by atoms with Crippen molar-refractivity contribution in [3.63, 3.8) is 0 Å². The molecule has 0 saturated carbocycles. The van der Waals surface area contributed by atoms with E-state index in [1.165, 1.54) is 31.1 Å². The van der Waals surface area contributed by atoms with Crippen molar-refractivity contribution in [1.82, 2.24) is 9.21 Å². The summed E-state index contributed by atoms with van der Waals surface area (Å²) in [5, 5.41) is 11.1. The summed E-state index contributed by atoms with van der Waals surface area (Å²) in [6.07, 6.45) is -1.38. The molecule has 0 spiro atoms. The number of hydrogen-bond acceptors (Lipinski definition) is 5. The van der Waals surface area contributed by atoms with Gasteiger partial charge in [0.1, 0.15) is 6.10 Å².